The van der Waals surface area contributed by atoms with Gasteiger partial charge in [-0.2, -0.15) is 0 Å². The summed E-state index contributed by atoms with van der Waals surface area (Å²) in [5.41, 5.74) is 6.42. The van der Waals surface area contributed by atoms with Crippen molar-refractivity contribution in [3.8, 4) is 11.1 Å². The highest BCUT2D eigenvalue weighted by atomic mass is 16.2. The molecular weight excluding hydrogens is 428 g/mol. The molecule has 0 aliphatic carbocycles. The van der Waals surface area contributed by atoms with Crippen LogP contribution in [0.5, 0.6) is 0 Å². The second-order valence-electron chi connectivity index (χ2n) is 8.95. The van der Waals surface area contributed by atoms with Crippen molar-refractivity contribution < 1.29 is 9.59 Å². The maximum Gasteiger partial charge on any atom is 0.253 e. The number of amides is 1. The van der Waals surface area contributed by atoms with Crippen molar-refractivity contribution in [1.29, 1.82) is 0 Å². The second kappa shape index (κ2) is 9.09. The van der Waals surface area contributed by atoms with Gasteiger partial charge in [-0.3, -0.25) is 19.4 Å². The SMILES string of the molecule is Cc1cc(C)c(CNC(=O)c2cc(-c3ccc(C=O)nc3)cc3c2c(C)cn3C(C)C)c(=O)[nH]1. The normalized spacial score (nSPS) is 11.2. The number of aromatic nitrogens is 3. The zero-order valence-corrected chi connectivity index (χ0v) is 20.0. The molecule has 0 bridgehead atoms. The van der Waals surface area contributed by atoms with Crippen molar-refractivity contribution in [1.82, 2.24) is 19.9 Å². The van der Waals surface area contributed by atoms with E-state index in [9.17, 15) is 14.4 Å². The Bertz CT molecular complexity index is 1460. The monoisotopic (exact) mass is 456 g/mol. The molecular formula is C27H28N4O3. The molecule has 0 fully saturated rings. The lowest BCUT2D eigenvalue weighted by molar-refractivity contribution is 0.0952. The minimum absolute atomic E-state index is 0.130. The molecule has 34 heavy (non-hydrogen) atoms. The van der Waals surface area contributed by atoms with E-state index in [0.29, 0.717) is 23.1 Å². The summed E-state index contributed by atoms with van der Waals surface area (Å²) in [5.74, 6) is -0.256. The number of rotatable bonds is 6. The summed E-state index contributed by atoms with van der Waals surface area (Å²) in [6.45, 7) is 10.0. The van der Waals surface area contributed by atoms with Crippen LogP contribution in [0.15, 0.2) is 47.5 Å². The van der Waals surface area contributed by atoms with Crippen molar-refractivity contribution in [2.75, 3.05) is 0 Å². The fourth-order valence-electron chi connectivity index (χ4n) is 4.37. The molecule has 0 unspecified atom stereocenters. The number of aldehydes is 1. The molecule has 0 atom stereocenters. The van der Waals surface area contributed by atoms with Crippen LogP contribution in [0, 0.1) is 20.8 Å². The van der Waals surface area contributed by atoms with E-state index < -0.39 is 0 Å². The van der Waals surface area contributed by atoms with Gasteiger partial charge in [0.05, 0.1) is 0 Å². The van der Waals surface area contributed by atoms with E-state index in [0.717, 1.165) is 38.9 Å². The zero-order valence-electron chi connectivity index (χ0n) is 20.0. The van der Waals surface area contributed by atoms with Crippen molar-refractivity contribution >= 4 is 23.1 Å². The lowest BCUT2D eigenvalue weighted by atomic mass is 9.98. The molecule has 0 saturated heterocycles. The van der Waals surface area contributed by atoms with E-state index in [1.807, 2.05) is 45.0 Å². The number of carbonyl (C=O) groups excluding carboxylic acids is 2. The molecule has 0 aliphatic rings. The Morgan fingerprint density at radius 2 is 1.88 bits per heavy atom. The molecule has 0 radical (unpaired) electrons. The van der Waals surface area contributed by atoms with Gasteiger partial charge in [0.1, 0.15) is 5.69 Å². The smallest absolute Gasteiger partial charge is 0.253 e. The molecule has 0 spiro atoms. The highest BCUT2D eigenvalue weighted by molar-refractivity contribution is 6.09. The molecule has 4 aromatic rings. The van der Waals surface area contributed by atoms with Crippen LogP contribution in [0.3, 0.4) is 0 Å². The number of carbonyl (C=O) groups is 2. The van der Waals surface area contributed by atoms with Crippen LogP contribution >= 0.6 is 0 Å². The molecule has 0 aliphatic heterocycles. The minimum Gasteiger partial charge on any atom is -0.348 e. The van der Waals surface area contributed by atoms with E-state index >= 15 is 0 Å². The van der Waals surface area contributed by atoms with Gasteiger partial charge in [-0.1, -0.05) is 6.07 Å². The summed E-state index contributed by atoms with van der Waals surface area (Å²) in [6.07, 6.45) is 4.39. The van der Waals surface area contributed by atoms with Crippen molar-refractivity contribution in [2.24, 2.45) is 0 Å². The van der Waals surface area contributed by atoms with Crippen LogP contribution in [0.1, 0.15) is 63.1 Å². The average Bonchev–Trinajstić information content (AvgIpc) is 3.14. The summed E-state index contributed by atoms with van der Waals surface area (Å²) in [4.78, 5) is 43.8. The Balaban J connectivity index is 1.80. The van der Waals surface area contributed by atoms with Gasteiger partial charge in [-0.25, -0.2) is 0 Å². The van der Waals surface area contributed by atoms with Crippen LogP contribution in [-0.2, 0) is 6.54 Å². The first-order chi connectivity index (χ1) is 16.2. The summed E-state index contributed by atoms with van der Waals surface area (Å²) in [5, 5.41) is 3.82. The summed E-state index contributed by atoms with van der Waals surface area (Å²) >= 11 is 0. The molecule has 0 saturated carbocycles. The van der Waals surface area contributed by atoms with Gasteiger partial charge in [0.2, 0.25) is 0 Å². The molecule has 174 valence electrons. The number of aryl methyl sites for hydroxylation is 3. The van der Waals surface area contributed by atoms with Crippen molar-refractivity contribution in [2.45, 2.75) is 47.2 Å². The molecule has 1 aromatic carbocycles. The standard InChI is InChI=1S/C27H28N4O3/c1-15(2)31-13-17(4)25-22(26(33)29-12-23-16(3)8-18(5)30-27(23)34)9-20(10-24(25)31)19-6-7-21(14-32)28-11-19/h6-11,13-15H,12H2,1-5H3,(H,29,33)(H,30,34). The quantitative estimate of drug-likeness (QED) is 0.413. The topological polar surface area (TPSA) is 96.8 Å². The third-order valence-electron chi connectivity index (χ3n) is 6.08. The van der Waals surface area contributed by atoms with Gasteiger partial charge in [-0.05, 0) is 75.6 Å². The van der Waals surface area contributed by atoms with Crippen LogP contribution in [0.25, 0.3) is 22.0 Å². The third kappa shape index (κ3) is 4.29. The molecule has 3 heterocycles. The Morgan fingerprint density at radius 1 is 1.12 bits per heavy atom. The van der Waals surface area contributed by atoms with Gasteiger partial charge in [0.25, 0.3) is 11.5 Å². The van der Waals surface area contributed by atoms with E-state index in [4.69, 9.17) is 0 Å². The number of nitrogens with zero attached hydrogens (tertiary/aromatic N) is 2. The van der Waals surface area contributed by atoms with E-state index in [-0.39, 0.29) is 24.1 Å². The first-order valence-corrected chi connectivity index (χ1v) is 11.2. The Labute approximate surface area is 197 Å². The Morgan fingerprint density at radius 3 is 2.50 bits per heavy atom. The second-order valence-corrected chi connectivity index (χ2v) is 8.95. The van der Waals surface area contributed by atoms with Crippen LogP contribution in [-0.4, -0.2) is 26.7 Å². The molecule has 3 aromatic heterocycles. The van der Waals surface area contributed by atoms with Gasteiger partial charge in [0.15, 0.2) is 6.29 Å². The van der Waals surface area contributed by atoms with Gasteiger partial charge >= 0.3 is 0 Å². The lowest BCUT2D eigenvalue weighted by Crippen LogP contribution is -2.28. The van der Waals surface area contributed by atoms with Crippen LogP contribution in [0.4, 0.5) is 0 Å². The predicted molar refractivity (Wildman–Crippen MR) is 133 cm³/mol. The zero-order chi connectivity index (χ0) is 24.6. The summed E-state index contributed by atoms with van der Waals surface area (Å²) in [7, 11) is 0. The minimum atomic E-state index is -0.256. The van der Waals surface area contributed by atoms with Crippen LogP contribution in [0.2, 0.25) is 0 Å². The first kappa shape index (κ1) is 23.2. The van der Waals surface area contributed by atoms with Crippen molar-refractivity contribution in [3.05, 3.63) is 86.7 Å². The van der Waals surface area contributed by atoms with Crippen molar-refractivity contribution in [3.63, 3.8) is 0 Å². The van der Waals surface area contributed by atoms with E-state index in [1.165, 1.54) is 0 Å². The molecule has 7 nitrogen and oxygen atoms in total. The number of pyridine rings is 2. The molecule has 4 rings (SSSR count). The van der Waals surface area contributed by atoms with Gasteiger partial charge in [0, 0.05) is 58.3 Å². The molecule has 1 amide bonds. The number of fused-ring (bicyclic) bond motifs is 1. The first-order valence-electron chi connectivity index (χ1n) is 11.2. The Hall–Kier alpha value is -4.00. The Kier molecular flexibility index (Phi) is 6.20. The lowest BCUT2D eigenvalue weighted by Gasteiger charge is -2.14. The predicted octanol–water partition coefficient (Wildman–Crippen LogP) is 4.64. The third-order valence-corrected chi connectivity index (χ3v) is 6.08. The van der Waals surface area contributed by atoms with Gasteiger partial charge < -0.3 is 14.9 Å². The maximum absolute atomic E-state index is 13.4. The number of nitrogens with one attached hydrogen (secondary N) is 2. The van der Waals surface area contributed by atoms with E-state index in [2.05, 4.69) is 39.9 Å². The number of H-pyrrole nitrogens is 1. The largest absolute Gasteiger partial charge is 0.348 e. The average molecular weight is 457 g/mol. The highest BCUT2D eigenvalue weighted by Gasteiger charge is 2.19. The highest BCUT2D eigenvalue weighted by Crippen LogP contribution is 2.32. The number of benzene rings is 1. The summed E-state index contributed by atoms with van der Waals surface area (Å²) < 4.78 is 2.15. The number of hydrogen-bond acceptors (Lipinski definition) is 4. The fraction of sp³-hybridized carbons (Fsp3) is 0.259. The molecule has 7 heteroatoms. The maximum atomic E-state index is 13.4. The number of aromatic amines is 1. The van der Waals surface area contributed by atoms with E-state index in [1.54, 1.807) is 12.3 Å². The van der Waals surface area contributed by atoms with Crippen LogP contribution < -0.4 is 10.9 Å². The van der Waals surface area contributed by atoms with Gasteiger partial charge in [-0.15, -0.1) is 0 Å². The number of hydrogen-bond donors (Lipinski definition) is 2. The molecule has 2 N–H and O–H groups in total. The summed E-state index contributed by atoms with van der Waals surface area (Å²) in [6, 6.07) is 9.47. The fourth-order valence-corrected chi connectivity index (χ4v) is 4.37.